The molecule has 0 saturated heterocycles. The Hall–Kier alpha value is -1.72. The number of benzene rings is 1. The van der Waals surface area contributed by atoms with Crippen LogP contribution in [-0.2, 0) is 10.0 Å². The third kappa shape index (κ3) is 1.83. The molecule has 0 radical (unpaired) electrons. The zero-order valence-electron chi connectivity index (χ0n) is 9.23. The first-order valence-electron chi connectivity index (χ1n) is 4.95. The van der Waals surface area contributed by atoms with Gasteiger partial charge < -0.3 is 0 Å². The number of ketones is 1. The quantitative estimate of drug-likeness (QED) is 0.805. The molecule has 1 N–H and O–H groups in total. The number of nitrogens with one attached hydrogen (secondary N) is 1. The van der Waals surface area contributed by atoms with Gasteiger partial charge in [0.25, 0.3) is 0 Å². The number of rotatable bonds is 2. The van der Waals surface area contributed by atoms with Crippen LogP contribution in [0.15, 0.2) is 41.3 Å². The van der Waals surface area contributed by atoms with Gasteiger partial charge in [-0.15, -0.1) is 0 Å². The summed E-state index contributed by atoms with van der Waals surface area (Å²) < 4.78 is 25.8. The Balaban J connectivity index is 2.75. The number of carbonyl (C=O) groups is 1. The van der Waals surface area contributed by atoms with Crippen LogP contribution in [0.4, 0.5) is 0 Å². The van der Waals surface area contributed by atoms with Crippen LogP contribution in [0.2, 0.25) is 0 Å². The smallest absolute Gasteiger partial charge is 0.240 e. The summed E-state index contributed by atoms with van der Waals surface area (Å²) in [6.07, 6.45) is 3.13. The fraction of sp³-hybridized carbons (Fsp3) is 0.0833. The fourth-order valence-electron chi connectivity index (χ4n) is 1.69. The van der Waals surface area contributed by atoms with E-state index in [0.717, 1.165) is 0 Å². The van der Waals surface area contributed by atoms with Crippen LogP contribution < -0.4 is 4.72 Å². The lowest BCUT2D eigenvalue weighted by Crippen LogP contribution is -2.21. The van der Waals surface area contributed by atoms with Gasteiger partial charge in [-0.2, -0.15) is 0 Å². The van der Waals surface area contributed by atoms with E-state index in [-0.39, 0.29) is 10.7 Å². The van der Waals surface area contributed by atoms with E-state index in [4.69, 9.17) is 0 Å². The van der Waals surface area contributed by atoms with Crippen molar-refractivity contribution in [1.29, 1.82) is 0 Å². The minimum Gasteiger partial charge on any atom is -0.289 e. The zero-order valence-corrected chi connectivity index (χ0v) is 10.0. The highest BCUT2D eigenvalue weighted by Crippen LogP contribution is 2.27. The van der Waals surface area contributed by atoms with E-state index in [9.17, 15) is 13.2 Å². The molecule has 0 heterocycles. The first-order chi connectivity index (χ1) is 7.97. The van der Waals surface area contributed by atoms with Crippen molar-refractivity contribution in [3.8, 4) is 0 Å². The second kappa shape index (κ2) is 3.94. The summed E-state index contributed by atoms with van der Waals surface area (Å²) >= 11 is 0. The molecule has 1 aromatic rings. The number of hydrogen-bond acceptors (Lipinski definition) is 3. The molecular weight excluding hydrogens is 238 g/mol. The molecule has 0 unspecified atom stereocenters. The summed E-state index contributed by atoms with van der Waals surface area (Å²) in [5.74, 6) is -0.240. The minimum absolute atomic E-state index is 0.106. The third-order valence-corrected chi connectivity index (χ3v) is 4.08. The molecule has 5 heteroatoms. The SMILES string of the molecule is C=C1C=Cc2c(cccc2S(=O)(=O)NC)C1=O. The van der Waals surface area contributed by atoms with Crippen molar-refractivity contribution in [3.63, 3.8) is 0 Å². The van der Waals surface area contributed by atoms with Crippen molar-refractivity contribution in [2.75, 3.05) is 7.05 Å². The number of carbonyl (C=O) groups excluding carboxylic acids is 1. The maximum atomic E-state index is 11.8. The molecule has 2 rings (SSSR count). The average molecular weight is 249 g/mol. The van der Waals surface area contributed by atoms with Crippen molar-refractivity contribution < 1.29 is 13.2 Å². The number of allylic oxidation sites excluding steroid dienone is 2. The summed E-state index contributed by atoms with van der Waals surface area (Å²) in [5, 5.41) is 0. The van der Waals surface area contributed by atoms with Gasteiger partial charge in [-0.3, -0.25) is 4.79 Å². The predicted molar refractivity (Wildman–Crippen MR) is 65.2 cm³/mol. The number of Topliss-reactive ketones (excluding diaryl/α,β-unsaturated/α-hetero) is 1. The lowest BCUT2D eigenvalue weighted by molar-refractivity contribution is 0.103. The van der Waals surface area contributed by atoms with Gasteiger partial charge in [-0.25, -0.2) is 13.1 Å². The highest BCUT2D eigenvalue weighted by molar-refractivity contribution is 7.89. The first-order valence-corrected chi connectivity index (χ1v) is 6.44. The Labute approximate surface area is 99.7 Å². The molecule has 0 spiro atoms. The summed E-state index contributed by atoms with van der Waals surface area (Å²) in [4.78, 5) is 11.9. The lowest BCUT2D eigenvalue weighted by atomic mass is 9.93. The highest BCUT2D eigenvalue weighted by Gasteiger charge is 2.23. The van der Waals surface area contributed by atoms with Crippen molar-refractivity contribution in [2.24, 2.45) is 0 Å². The molecule has 0 fully saturated rings. The number of hydrogen-bond donors (Lipinski definition) is 1. The fourth-order valence-corrected chi connectivity index (χ4v) is 2.64. The van der Waals surface area contributed by atoms with Crippen LogP contribution in [-0.4, -0.2) is 21.2 Å². The lowest BCUT2D eigenvalue weighted by Gasteiger charge is -2.14. The highest BCUT2D eigenvalue weighted by atomic mass is 32.2. The Morgan fingerprint density at radius 3 is 2.59 bits per heavy atom. The van der Waals surface area contributed by atoms with Crippen LogP contribution >= 0.6 is 0 Å². The van der Waals surface area contributed by atoms with Crippen molar-refractivity contribution >= 4 is 21.9 Å². The van der Waals surface area contributed by atoms with Gasteiger partial charge in [0.1, 0.15) is 0 Å². The van der Waals surface area contributed by atoms with Gasteiger partial charge in [0.2, 0.25) is 10.0 Å². The molecule has 1 aromatic carbocycles. The Kier molecular flexibility index (Phi) is 2.73. The van der Waals surface area contributed by atoms with Crippen LogP contribution in [0.1, 0.15) is 15.9 Å². The van der Waals surface area contributed by atoms with Crippen LogP contribution in [0.5, 0.6) is 0 Å². The van der Waals surface area contributed by atoms with Crippen LogP contribution in [0, 0.1) is 0 Å². The van der Waals surface area contributed by atoms with Gasteiger partial charge in [0, 0.05) is 16.7 Å². The molecule has 0 aromatic heterocycles. The van der Waals surface area contributed by atoms with Crippen molar-refractivity contribution in [2.45, 2.75) is 4.90 Å². The van der Waals surface area contributed by atoms with E-state index < -0.39 is 10.0 Å². The molecule has 0 aliphatic heterocycles. The number of fused-ring (bicyclic) bond motifs is 1. The maximum Gasteiger partial charge on any atom is 0.240 e. The Bertz CT molecular complexity index is 642. The largest absolute Gasteiger partial charge is 0.289 e. The van der Waals surface area contributed by atoms with Gasteiger partial charge in [0.15, 0.2) is 5.78 Å². The summed E-state index contributed by atoms with van der Waals surface area (Å²) in [5.41, 5.74) is 1.14. The second-order valence-corrected chi connectivity index (χ2v) is 5.47. The molecule has 88 valence electrons. The number of sulfonamides is 1. The van der Waals surface area contributed by atoms with E-state index in [0.29, 0.717) is 16.7 Å². The molecule has 0 bridgehead atoms. The van der Waals surface area contributed by atoms with Gasteiger partial charge in [0.05, 0.1) is 4.90 Å². The zero-order chi connectivity index (χ0) is 12.6. The average Bonchev–Trinajstić information content (AvgIpc) is 2.33. The van der Waals surface area contributed by atoms with Crippen LogP contribution in [0.25, 0.3) is 6.08 Å². The van der Waals surface area contributed by atoms with E-state index in [1.54, 1.807) is 18.2 Å². The van der Waals surface area contributed by atoms with E-state index in [1.807, 2.05) is 0 Å². The molecule has 4 nitrogen and oxygen atoms in total. The minimum atomic E-state index is -3.56. The van der Waals surface area contributed by atoms with Gasteiger partial charge in [-0.05, 0) is 13.1 Å². The van der Waals surface area contributed by atoms with Gasteiger partial charge in [-0.1, -0.05) is 30.9 Å². The molecular formula is C12H11NO3S. The molecule has 0 atom stereocenters. The monoisotopic (exact) mass is 249 g/mol. The van der Waals surface area contributed by atoms with E-state index in [2.05, 4.69) is 11.3 Å². The van der Waals surface area contributed by atoms with E-state index >= 15 is 0 Å². The Morgan fingerprint density at radius 2 is 1.94 bits per heavy atom. The van der Waals surface area contributed by atoms with Crippen LogP contribution in [0.3, 0.4) is 0 Å². The van der Waals surface area contributed by atoms with Crippen molar-refractivity contribution in [3.05, 3.63) is 47.6 Å². The molecule has 17 heavy (non-hydrogen) atoms. The molecule has 0 saturated carbocycles. The molecule has 0 amide bonds. The summed E-state index contributed by atoms with van der Waals surface area (Å²) in [6.45, 7) is 3.60. The summed E-state index contributed by atoms with van der Waals surface area (Å²) in [6, 6.07) is 4.62. The molecule has 1 aliphatic rings. The maximum absolute atomic E-state index is 11.8. The van der Waals surface area contributed by atoms with E-state index in [1.165, 1.54) is 19.2 Å². The topological polar surface area (TPSA) is 63.2 Å². The first kappa shape index (κ1) is 11.8. The predicted octanol–water partition coefficient (Wildman–Crippen LogP) is 1.36. The third-order valence-electron chi connectivity index (χ3n) is 2.61. The second-order valence-electron chi connectivity index (χ2n) is 3.61. The molecule has 1 aliphatic carbocycles. The normalized spacial score (nSPS) is 14.9. The Morgan fingerprint density at radius 1 is 1.24 bits per heavy atom. The standard InChI is InChI=1S/C12H11NO3S/c1-8-6-7-9-10(12(8)14)4-3-5-11(9)17(15,16)13-2/h3-7,13H,1H2,2H3. The summed E-state index contributed by atoms with van der Waals surface area (Å²) in [7, 11) is -2.23. The van der Waals surface area contributed by atoms with Gasteiger partial charge >= 0.3 is 0 Å². The van der Waals surface area contributed by atoms with Crippen molar-refractivity contribution in [1.82, 2.24) is 4.72 Å².